The smallest absolute Gasteiger partial charge is 0.326 e. The van der Waals surface area contributed by atoms with Crippen LogP contribution in [-0.2, 0) is 4.79 Å². The van der Waals surface area contributed by atoms with Crippen molar-refractivity contribution in [1.29, 1.82) is 0 Å². The molecule has 1 aliphatic heterocycles. The number of nitrogens with zero attached hydrogens (tertiary/aromatic N) is 2. The van der Waals surface area contributed by atoms with E-state index >= 15 is 0 Å². The quantitative estimate of drug-likeness (QED) is 0.454. The molecule has 1 saturated heterocycles. The van der Waals surface area contributed by atoms with Crippen LogP contribution >= 0.6 is 12.6 Å². The summed E-state index contributed by atoms with van der Waals surface area (Å²) in [6.07, 6.45) is 11.6. The van der Waals surface area contributed by atoms with Crippen molar-refractivity contribution in [3.63, 3.8) is 0 Å². The molecule has 1 amide bonds. The standard InChI is InChI=1S/C27H37N3O4S/c31-25(29-22-17-9-15-10-18(22)14-27(34,12-15)13-17)19-11-21(35)24(30-8-4-7-20(30)26(32)33)28-23(19)16-5-2-1-3-6-16/h11,15-18,20,22,34-35H,1-10,12-14H2,(H,29,31)(H,32,33)/t15?,17?,18?,20-,22?,27?/m0/s1. The number of hydrogen-bond acceptors (Lipinski definition) is 6. The molecular weight excluding hydrogens is 462 g/mol. The fourth-order valence-electron chi connectivity index (χ4n) is 8.31. The van der Waals surface area contributed by atoms with Crippen molar-refractivity contribution in [2.45, 2.75) is 106 Å². The second-order valence-corrected chi connectivity index (χ2v) is 12.5. The van der Waals surface area contributed by atoms with Gasteiger partial charge in [0.05, 0.1) is 16.9 Å². The second-order valence-electron chi connectivity index (χ2n) is 12.0. The highest BCUT2D eigenvalue weighted by molar-refractivity contribution is 7.80. The van der Waals surface area contributed by atoms with Gasteiger partial charge < -0.3 is 20.4 Å². The second kappa shape index (κ2) is 8.94. The van der Waals surface area contributed by atoms with Crippen molar-refractivity contribution in [3.05, 3.63) is 17.3 Å². The summed E-state index contributed by atoms with van der Waals surface area (Å²) in [4.78, 5) is 33.1. The van der Waals surface area contributed by atoms with Crippen molar-refractivity contribution in [1.82, 2.24) is 10.3 Å². The molecular formula is C27H37N3O4S. The Kier molecular flexibility index (Phi) is 6.03. The maximum Gasteiger partial charge on any atom is 0.326 e. The van der Waals surface area contributed by atoms with Gasteiger partial charge in [-0.05, 0) is 81.6 Å². The van der Waals surface area contributed by atoms with Crippen LogP contribution in [0.2, 0.25) is 0 Å². The van der Waals surface area contributed by atoms with Gasteiger partial charge in [0.2, 0.25) is 0 Å². The van der Waals surface area contributed by atoms with E-state index in [-0.39, 0.29) is 17.9 Å². The fraction of sp³-hybridized carbons (Fsp3) is 0.741. The fourth-order valence-corrected chi connectivity index (χ4v) is 8.62. The molecule has 3 N–H and O–H groups in total. The minimum Gasteiger partial charge on any atom is -0.480 e. The Morgan fingerprint density at radius 1 is 1.06 bits per heavy atom. The molecule has 190 valence electrons. The summed E-state index contributed by atoms with van der Waals surface area (Å²) in [5, 5.41) is 24.0. The van der Waals surface area contributed by atoms with Gasteiger partial charge in [-0.15, -0.1) is 12.6 Å². The summed E-state index contributed by atoms with van der Waals surface area (Å²) in [6, 6.07) is 1.36. The Morgan fingerprint density at radius 3 is 2.43 bits per heavy atom. The Hall–Kier alpha value is -1.80. The zero-order chi connectivity index (χ0) is 24.3. The highest BCUT2D eigenvalue weighted by Gasteiger charge is 2.55. The number of carboxylic acid groups (broad SMARTS) is 1. The summed E-state index contributed by atoms with van der Waals surface area (Å²) in [7, 11) is 0. The molecule has 5 saturated carbocycles. The summed E-state index contributed by atoms with van der Waals surface area (Å²) in [5.41, 5.74) is 0.890. The molecule has 35 heavy (non-hydrogen) atoms. The lowest BCUT2D eigenvalue weighted by Gasteiger charge is -2.58. The van der Waals surface area contributed by atoms with Crippen molar-refractivity contribution in [2.75, 3.05) is 11.4 Å². The summed E-state index contributed by atoms with van der Waals surface area (Å²) in [5.74, 6) is 1.18. The van der Waals surface area contributed by atoms with E-state index in [2.05, 4.69) is 5.32 Å². The first-order valence-corrected chi connectivity index (χ1v) is 14.0. The van der Waals surface area contributed by atoms with Gasteiger partial charge >= 0.3 is 5.97 Å². The lowest BCUT2D eigenvalue weighted by Crippen LogP contribution is -2.61. The van der Waals surface area contributed by atoms with Crippen molar-refractivity contribution >= 4 is 30.3 Å². The van der Waals surface area contributed by atoms with Crippen molar-refractivity contribution in [3.8, 4) is 0 Å². The molecule has 8 heteroatoms. The molecule has 7 nitrogen and oxygen atoms in total. The van der Waals surface area contributed by atoms with Crippen LogP contribution in [0.5, 0.6) is 0 Å². The van der Waals surface area contributed by atoms with Crippen LogP contribution in [0.25, 0.3) is 0 Å². The predicted octanol–water partition coefficient (Wildman–Crippen LogP) is 4.14. The molecule has 1 aromatic heterocycles. The van der Waals surface area contributed by atoms with Gasteiger partial charge in [-0.1, -0.05) is 19.3 Å². The molecule has 0 spiro atoms. The maximum absolute atomic E-state index is 13.8. The largest absolute Gasteiger partial charge is 0.480 e. The minimum atomic E-state index is -0.832. The van der Waals surface area contributed by atoms with E-state index < -0.39 is 17.6 Å². The number of thiol groups is 1. The molecule has 0 aromatic carbocycles. The SMILES string of the molecule is O=C(NC1C2CC3CC1CC(O)(C3)C2)c1cc(S)c(N2CCC[C@H]2C(=O)O)nc1C1CCCCC1. The van der Waals surface area contributed by atoms with E-state index in [1.54, 1.807) is 0 Å². The number of carbonyl (C=O) groups is 2. The molecule has 1 aromatic rings. The van der Waals surface area contributed by atoms with Gasteiger partial charge in [0.25, 0.3) is 5.91 Å². The molecule has 7 rings (SSSR count). The lowest BCUT2D eigenvalue weighted by atomic mass is 9.52. The summed E-state index contributed by atoms with van der Waals surface area (Å²) < 4.78 is 0. The number of carboxylic acids is 1. The average molecular weight is 500 g/mol. The third-order valence-corrected chi connectivity index (χ3v) is 9.93. The van der Waals surface area contributed by atoms with Crippen molar-refractivity contribution in [2.24, 2.45) is 17.8 Å². The molecule has 2 unspecified atom stereocenters. The zero-order valence-electron chi connectivity index (χ0n) is 20.3. The number of aromatic nitrogens is 1. The minimum absolute atomic E-state index is 0.0828. The average Bonchev–Trinajstić information content (AvgIpc) is 3.31. The number of aliphatic hydroxyl groups is 1. The van der Waals surface area contributed by atoms with Crippen LogP contribution in [0, 0.1) is 17.8 Å². The molecule has 6 aliphatic rings. The highest BCUT2D eigenvalue weighted by atomic mass is 32.1. The first-order chi connectivity index (χ1) is 16.8. The lowest BCUT2D eigenvalue weighted by molar-refractivity contribution is -0.138. The third kappa shape index (κ3) is 4.24. The normalized spacial score (nSPS) is 36.5. The summed E-state index contributed by atoms with van der Waals surface area (Å²) in [6.45, 7) is 0.642. The molecule has 0 radical (unpaired) electrons. The molecule has 3 atom stereocenters. The third-order valence-electron chi connectivity index (χ3n) is 9.60. The van der Waals surface area contributed by atoms with E-state index in [1.165, 1.54) is 6.42 Å². The molecule has 4 bridgehead atoms. The Balaban J connectivity index is 1.31. The molecule has 2 heterocycles. The Morgan fingerprint density at radius 2 is 1.77 bits per heavy atom. The van der Waals surface area contributed by atoms with E-state index in [1.807, 2.05) is 11.0 Å². The van der Waals surface area contributed by atoms with Gasteiger partial charge in [0.15, 0.2) is 0 Å². The van der Waals surface area contributed by atoms with E-state index in [9.17, 15) is 19.8 Å². The Bertz CT molecular complexity index is 1010. The van der Waals surface area contributed by atoms with E-state index in [0.29, 0.717) is 47.0 Å². The first kappa shape index (κ1) is 23.6. The van der Waals surface area contributed by atoms with Gasteiger partial charge in [-0.2, -0.15) is 0 Å². The van der Waals surface area contributed by atoms with E-state index in [0.717, 1.165) is 69.9 Å². The molecule has 6 fully saturated rings. The first-order valence-electron chi connectivity index (χ1n) is 13.6. The predicted molar refractivity (Wildman–Crippen MR) is 135 cm³/mol. The van der Waals surface area contributed by atoms with Crippen LogP contribution in [0.1, 0.15) is 99.0 Å². The zero-order valence-corrected chi connectivity index (χ0v) is 21.2. The number of anilines is 1. The van der Waals surface area contributed by atoms with E-state index in [4.69, 9.17) is 17.6 Å². The number of pyridine rings is 1. The van der Waals surface area contributed by atoms with Gasteiger partial charge in [0.1, 0.15) is 11.9 Å². The number of nitrogens with one attached hydrogen (secondary N) is 1. The van der Waals surface area contributed by atoms with Crippen LogP contribution in [-0.4, -0.2) is 51.3 Å². The number of hydrogen-bond donors (Lipinski definition) is 4. The van der Waals surface area contributed by atoms with Gasteiger partial charge in [-0.3, -0.25) is 4.79 Å². The van der Waals surface area contributed by atoms with Crippen LogP contribution < -0.4 is 10.2 Å². The highest BCUT2D eigenvalue weighted by Crippen LogP contribution is 2.55. The van der Waals surface area contributed by atoms with Crippen LogP contribution in [0.3, 0.4) is 0 Å². The number of aliphatic carboxylic acids is 1. The number of carbonyl (C=O) groups excluding carboxylic acids is 1. The molecule has 5 aliphatic carbocycles. The number of amides is 1. The number of rotatable bonds is 5. The van der Waals surface area contributed by atoms with Crippen LogP contribution in [0.15, 0.2) is 11.0 Å². The van der Waals surface area contributed by atoms with Gasteiger partial charge in [-0.25, -0.2) is 9.78 Å². The van der Waals surface area contributed by atoms with Crippen molar-refractivity contribution < 1.29 is 19.8 Å². The maximum atomic E-state index is 13.8. The summed E-state index contributed by atoms with van der Waals surface area (Å²) >= 11 is 4.71. The van der Waals surface area contributed by atoms with Crippen LogP contribution in [0.4, 0.5) is 5.82 Å². The topological polar surface area (TPSA) is 103 Å². The van der Waals surface area contributed by atoms with Gasteiger partial charge in [0, 0.05) is 23.4 Å². The monoisotopic (exact) mass is 499 g/mol. The Labute approximate surface area is 212 Å².